The molecule has 0 spiro atoms. The maximum atomic E-state index is 12.4. The molecular weight excluding hydrogens is 336 g/mol. The standard InChI is InChI=1S/C16H25ClN2O3S/c1-13-5-3-9-19(12-13)10-4-8-18-23(20,21)16-11-14(17)6-7-15(16)22-2/h6-7,11,13,18H,3-5,8-10,12H2,1-2H3/t13-/m0/s1. The van der Waals surface area contributed by atoms with Crippen molar-refractivity contribution in [2.75, 3.05) is 33.3 Å². The average Bonchev–Trinajstić information content (AvgIpc) is 2.52. The van der Waals surface area contributed by atoms with Gasteiger partial charge in [0, 0.05) is 18.1 Å². The van der Waals surface area contributed by atoms with Crippen LogP contribution in [0.2, 0.25) is 5.02 Å². The molecule has 2 rings (SSSR count). The molecule has 1 fully saturated rings. The summed E-state index contributed by atoms with van der Waals surface area (Å²) in [6.07, 6.45) is 3.30. The summed E-state index contributed by atoms with van der Waals surface area (Å²) >= 11 is 5.90. The molecule has 0 bridgehead atoms. The molecule has 7 heteroatoms. The van der Waals surface area contributed by atoms with Gasteiger partial charge in [0.25, 0.3) is 0 Å². The number of nitrogens with zero attached hydrogens (tertiary/aromatic N) is 1. The number of nitrogens with one attached hydrogen (secondary N) is 1. The van der Waals surface area contributed by atoms with E-state index < -0.39 is 10.0 Å². The molecule has 1 N–H and O–H groups in total. The van der Waals surface area contributed by atoms with Gasteiger partial charge in [-0.2, -0.15) is 0 Å². The molecule has 1 aromatic rings. The maximum absolute atomic E-state index is 12.4. The van der Waals surface area contributed by atoms with Crippen molar-refractivity contribution in [2.45, 2.75) is 31.1 Å². The minimum atomic E-state index is -3.62. The average molecular weight is 361 g/mol. The van der Waals surface area contributed by atoms with E-state index in [1.807, 2.05) is 0 Å². The first-order valence-corrected chi connectivity index (χ1v) is 9.84. The first-order valence-electron chi connectivity index (χ1n) is 7.98. The summed E-state index contributed by atoms with van der Waals surface area (Å²) in [6, 6.07) is 4.58. The van der Waals surface area contributed by atoms with Crippen LogP contribution >= 0.6 is 11.6 Å². The van der Waals surface area contributed by atoms with Crippen molar-refractivity contribution in [1.82, 2.24) is 9.62 Å². The number of methoxy groups -OCH3 is 1. The second-order valence-electron chi connectivity index (χ2n) is 6.09. The van der Waals surface area contributed by atoms with Gasteiger partial charge >= 0.3 is 0 Å². The number of sulfonamides is 1. The molecule has 0 unspecified atom stereocenters. The molecule has 5 nitrogen and oxygen atoms in total. The van der Waals surface area contributed by atoms with Gasteiger partial charge in [-0.1, -0.05) is 18.5 Å². The number of benzene rings is 1. The number of hydrogen-bond donors (Lipinski definition) is 1. The Labute approximate surface area is 144 Å². The van der Waals surface area contributed by atoms with Crippen molar-refractivity contribution < 1.29 is 13.2 Å². The predicted molar refractivity (Wildman–Crippen MR) is 92.6 cm³/mol. The van der Waals surface area contributed by atoms with Gasteiger partial charge in [-0.3, -0.25) is 0 Å². The van der Waals surface area contributed by atoms with Crippen molar-refractivity contribution in [3.05, 3.63) is 23.2 Å². The zero-order valence-electron chi connectivity index (χ0n) is 13.7. The van der Waals surface area contributed by atoms with E-state index in [4.69, 9.17) is 16.3 Å². The quantitative estimate of drug-likeness (QED) is 0.759. The van der Waals surface area contributed by atoms with Crippen molar-refractivity contribution in [2.24, 2.45) is 5.92 Å². The Bertz CT molecular complexity index is 622. The fourth-order valence-electron chi connectivity index (χ4n) is 2.94. The number of likely N-dealkylation sites (tertiary alicyclic amines) is 1. The zero-order chi connectivity index (χ0) is 16.9. The van der Waals surface area contributed by atoms with E-state index in [9.17, 15) is 8.42 Å². The van der Waals surface area contributed by atoms with Crippen LogP contribution in [0.1, 0.15) is 26.2 Å². The summed E-state index contributed by atoms with van der Waals surface area (Å²) in [5, 5.41) is 0.369. The Balaban J connectivity index is 1.88. The van der Waals surface area contributed by atoms with Crippen LogP contribution in [0.15, 0.2) is 23.1 Å². The molecule has 130 valence electrons. The fourth-order valence-corrected chi connectivity index (χ4v) is 4.44. The second kappa shape index (κ2) is 8.33. The van der Waals surface area contributed by atoms with Gasteiger partial charge in [-0.05, 0) is 56.5 Å². The van der Waals surface area contributed by atoms with E-state index in [-0.39, 0.29) is 4.90 Å². The number of hydrogen-bond acceptors (Lipinski definition) is 4. The number of halogens is 1. The normalized spacial score (nSPS) is 19.7. The number of piperidine rings is 1. The number of ether oxygens (including phenoxy) is 1. The van der Waals surface area contributed by atoms with Crippen LogP contribution in [-0.2, 0) is 10.0 Å². The molecule has 0 aromatic heterocycles. The maximum Gasteiger partial charge on any atom is 0.244 e. The molecule has 1 aliphatic heterocycles. The van der Waals surface area contributed by atoms with E-state index in [1.165, 1.54) is 26.0 Å². The SMILES string of the molecule is COc1ccc(Cl)cc1S(=O)(=O)NCCCN1CCC[C@H](C)C1. The highest BCUT2D eigenvalue weighted by Gasteiger charge is 2.20. The highest BCUT2D eigenvalue weighted by Crippen LogP contribution is 2.26. The highest BCUT2D eigenvalue weighted by atomic mass is 35.5. The van der Waals surface area contributed by atoms with E-state index in [0.717, 1.165) is 32.0 Å². The van der Waals surface area contributed by atoms with Gasteiger partial charge < -0.3 is 9.64 Å². The van der Waals surface area contributed by atoms with Gasteiger partial charge in [-0.25, -0.2) is 13.1 Å². The predicted octanol–water partition coefficient (Wildman–Crippen LogP) is 2.75. The molecule has 1 aromatic carbocycles. The summed E-state index contributed by atoms with van der Waals surface area (Å²) in [7, 11) is -2.17. The lowest BCUT2D eigenvalue weighted by atomic mass is 10.0. The largest absolute Gasteiger partial charge is 0.495 e. The van der Waals surface area contributed by atoms with Gasteiger partial charge in [0.1, 0.15) is 10.6 Å². The molecule has 1 aliphatic rings. The first kappa shape index (κ1) is 18.5. The minimum absolute atomic E-state index is 0.0825. The Hall–Kier alpha value is -0.820. The van der Waals surface area contributed by atoms with Gasteiger partial charge in [0.2, 0.25) is 10.0 Å². The fraction of sp³-hybridized carbons (Fsp3) is 0.625. The molecule has 0 radical (unpaired) electrons. The van der Waals surface area contributed by atoms with Crippen LogP contribution in [0.4, 0.5) is 0 Å². The third kappa shape index (κ3) is 5.35. The molecule has 0 aliphatic carbocycles. The molecule has 0 amide bonds. The van der Waals surface area contributed by atoms with Gasteiger partial charge in [0.15, 0.2) is 0 Å². The summed E-state index contributed by atoms with van der Waals surface area (Å²) < 4.78 is 32.6. The molecular formula is C16H25ClN2O3S. The Morgan fingerprint density at radius 2 is 2.22 bits per heavy atom. The van der Waals surface area contributed by atoms with E-state index in [0.29, 0.717) is 17.3 Å². The lowest BCUT2D eigenvalue weighted by molar-refractivity contribution is 0.182. The molecule has 1 saturated heterocycles. The molecule has 23 heavy (non-hydrogen) atoms. The van der Waals surface area contributed by atoms with Crippen molar-refractivity contribution >= 4 is 21.6 Å². The topological polar surface area (TPSA) is 58.6 Å². The van der Waals surface area contributed by atoms with Crippen LogP contribution in [0.25, 0.3) is 0 Å². The zero-order valence-corrected chi connectivity index (χ0v) is 15.3. The monoisotopic (exact) mass is 360 g/mol. The summed E-state index contributed by atoms with van der Waals surface area (Å²) in [5.74, 6) is 1.03. The van der Waals surface area contributed by atoms with Gasteiger partial charge in [-0.15, -0.1) is 0 Å². The van der Waals surface area contributed by atoms with Crippen LogP contribution in [0, 0.1) is 5.92 Å². The lowest BCUT2D eigenvalue weighted by Crippen LogP contribution is -2.36. The molecule has 1 atom stereocenters. The third-order valence-corrected chi connectivity index (χ3v) is 5.82. The van der Waals surface area contributed by atoms with E-state index in [1.54, 1.807) is 12.1 Å². The lowest BCUT2D eigenvalue weighted by Gasteiger charge is -2.30. The van der Waals surface area contributed by atoms with Crippen molar-refractivity contribution in [1.29, 1.82) is 0 Å². The summed E-state index contributed by atoms with van der Waals surface area (Å²) in [6.45, 7) is 5.80. The Morgan fingerprint density at radius 3 is 2.91 bits per heavy atom. The van der Waals surface area contributed by atoms with Gasteiger partial charge in [0.05, 0.1) is 7.11 Å². The van der Waals surface area contributed by atoms with Crippen molar-refractivity contribution in [3.63, 3.8) is 0 Å². The highest BCUT2D eigenvalue weighted by molar-refractivity contribution is 7.89. The summed E-state index contributed by atoms with van der Waals surface area (Å²) in [4.78, 5) is 2.49. The Morgan fingerprint density at radius 1 is 1.43 bits per heavy atom. The first-order chi connectivity index (χ1) is 10.9. The number of rotatable bonds is 7. The van der Waals surface area contributed by atoms with E-state index in [2.05, 4.69) is 16.5 Å². The third-order valence-electron chi connectivity index (χ3n) is 4.10. The smallest absolute Gasteiger partial charge is 0.244 e. The van der Waals surface area contributed by atoms with Crippen LogP contribution in [-0.4, -0.2) is 46.6 Å². The second-order valence-corrected chi connectivity index (χ2v) is 8.27. The summed E-state index contributed by atoms with van der Waals surface area (Å²) in [5.41, 5.74) is 0. The van der Waals surface area contributed by atoms with Crippen LogP contribution in [0.5, 0.6) is 5.75 Å². The van der Waals surface area contributed by atoms with Crippen molar-refractivity contribution in [3.8, 4) is 5.75 Å². The van der Waals surface area contributed by atoms with Crippen LogP contribution in [0.3, 0.4) is 0 Å². The molecule has 0 saturated carbocycles. The van der Waals surface area contributed by atoms with Crippen LogP contribution < -0.4 is 9.46 Å². The minimum Gasteiger partial charge on any atom is -0.495 e. The molecule has 1 heterocycles. The Kier molecular flexibility index (Phi) is 6.71. The van der Waals surface area contributed by atoms with E-state index >= 15 is 0 Å².